The van der Waals surface area contributed by atoms with E-state index in [-0.39, 0.29) is 0 Å². The van der Waals surface area contributed by atoms with Gasteiger partial charge in [0, 0.05) is 0 Å². The Bertz CT molecular complexity index is 664. The highest BCUT2D eigenvalue weighted by molar-refractivity contribution is 5.78. The van der Waals surface area contributed by atoms with E-state index in [2.05, 4.69) is 30.8 Å². The largest absolute Gasteiger partial charge is 0.362 e. The summed E-state index contributed by atoms with van der Waals surface area (Å²) in [5.41, 5.74) is 1.30. The van der Waals surface area contributed by atoms with E-state index in [9.17, 15) is 4.79 Å². The SMILES string of the molecule is O=c1nc2c(c(N=NCc3ccccc3)[nH]1)NCN2. The van der Waals surface area contributed by atoms with Gasteiger partial charge >= 0.3 is 5.69 Å². The van der Waals surface area contributed by atoms with Crippen molar-refractivity contribution in [2.45, 2.75) is 6.54 Å². The average Bonchev–Trinajstić information content (AvgIpc) is 2.88. The van der Waals surface area contributed by atoms with Gasteiger partial charge in [-0.15, -0.1) is 5.11 Å². The number of fused-ring (bicyclic) bond motifs is 1. The summed E-state index contributed by atoms with van der Waals surface area (Å²) < 4.78 is 0. The molecule has 19 heavy (non-hydrogen) atoms. The van der Waals surface area contributed by atoms with Crippen LogP contribution in [0.4, 0.5) is 17.3 Å². The van der Waals surface area contributed by atoms with Crippen LogP contribution in [-0.4, -0.2) is 16.6 Å². The van der Waals surface area contributed by atoms with Gasteiger partial charge in [0.1, 0.15) is 5.69 Å². The maximum atomic E-state index is 11.3. The quantitative estimate of drug-likeness (QED) is 0.730. The first-order valence-corrected chi connectivity index (χ1v) is 5.86. The molecule has 0 aliphatic carbocycles. The van der Waals surface area contributed by atoms with Gasteiger partial charge < -0.3 is 10.6 Å². The smallest absolute Gasteiger partial charge is 0.348 e. The molecule has 2 aromatic rings. The maximum absolute atomic E-state index is 11.3. The molecule has 0 fully saturated rings. The van der Waals surface area contributed by atoms with Crippen molar-refractivity contribution in [3.63, 3.8) is 0 Å². The predicted molar refractivity (Wildman–Crippen MR) is 71.6 cm³/mol. The highest BCUT2D eigenvalue weighted by Crippen LogP contribution is 2.30. The topological polar surface area (TPSA) is 94.5 Å². The molecule has 0 bridgehead atoms. The Morgan fingerprint density at radius 2 is 2.05 bits per heavy atom. The number of benzene rings is 1. The van der Waals surface area contributed by atoms with Crippen LogP contribution in [0.2, 0.25) is 0 Å². The lowest BCUT2D eigenvalue weighted by Crippen LogP contribution is -2.10. The van der Waals surface area contributed by atoms with Gasteiger partial charge in [-0.3, -0.25) is 4.98 Å². The molecule has 2 heterocycles. The molecular formula is C12H12N6O. The van der Waals surface area contributed by atoms with Crippen LogP contribution in [0.5, 0.6) is 0 Å². The standard InChI is InChI=1S/C12H12N6O/c19-12-16-10-9(13-7-14-10)11(17-12)18-15-6-8-4-2-1-3-5-8/h1-5,13H,6-7H2,(H2,14,16,17,19). The second kappa shape index (κ2) is 4.89. The van der Waals surface area contributed by atoms with Crippen molar-refractivity contribution in [1.82, 2.24) is 9.97 Å². The van der Waals surface area contributed by atoms with Crippen LogP contribution in [0.25, 0.3) is 0 Å². The molecule has 1 aliphatic rings. The molecule has 7 nitrogen and oxygen atoms in total. The highest BCUT2D eigenvalue weighted by Gasteiger charge is 2.16. The van der Waals surface area contributed by atoms with Gasteiger partial charge in [0.25, 0.3) is 0 Å². The van der Waals surface area contributed by atoms with Crippen LogP contribution in [0.3, 0.4) is 0 Å². The molecule has 3 rings (SSSR count). The molecule has 7 heteroatoms. The number of aromatic amines is 1. The lowest BCUT2D eigenvalue weighted by atomic mass is 10.2. The number of nitrogens with zero attached hydrogens (tertiary/aromatic N) is 3. The first kappa shape index (κ1) is 11.4. The van der Waals surface area contributed by atoms with E-state index in [4.69, 9.17) is 0 Å². The number of anilines is 2. The van der Waals surface area contributed by atoms with Gasteiger partial charge in [-0.25, -0.2) is 4.79 Å². The van der Waals surface area contributed by atoms with Crippen molar-refractivity contribution in [2.24, 2.45) is 10.2 Å². The summed E-state index contributed by atoms with van der Waals surface area (Å²) in [7, 11) is 0. The Morgan fingerprint density at radius 1 is 1.21 bits per heavy atom. The second-order valence-electron chi connectivity index (χ2n) is 4.03. The fourth-order valence-corrected chi connectivity index (χ4v) is 1.82. The molecule has 0 saturated carbocycles. The summed E-state index contributed by atoms with van der Waals surface area (Å²) in [6, 6.07) is 9.78. The van der Waals surface area contributed by atoms with Crippen LogP contribution in [0.1, 0.15) is 5.56 Å². The highest BCUT2D eigenvalue weighted by atomic mass is 16.1. The lowest BCUT2D eigenvalue weighted by Gasteiger charge is -2.00. The summed E-state index contributed by atoms with van der Waals surface area (Å²) in [5.74, 6) is 0.911. The molecule has 0 atom stereocenters. The van der Waals surface area contributed by atoms with E-state index < -0.39 is 5.69 Å². The number of rotatable bonds is 3. The molecule has 0 saturated heterocycles. The van der Waals surface area contributed by atoms with Crippen LogP contribution >= 0.6 is 0 Å². The van der Waals surface area contributed by atoms with E-state index >= 15 is 0 Å². The molecule has 1 aromatic heterocycles. The predicted octanol–water partition coefficient (Wildman–Crippen LogP) is 1.85. The Kier molecular flexibility index (Phi) is 2.93. The molecule has 1 aromatic carbocycles. The number of hydrogen-bond acceptors (Lipinski definition) is 6. The van der Waals surface area contributed by atoms with Gasteiger partial charge in [-0.2, -0.15) is 10.1 Å². The van der Waals surface area contributed by atoms with Crippen LogP contribution in [0.15, 0.2) is 45.4 Å². The zero-order chi connectivity index (χ0) is 13.1. The molecular weight excluding hydrogens is 244 g/mol. The second-order valence-corrected chi connectivity index (χ2v) is 4.03. The van der Waals surface area contributed by atoms with Gasteiger partial charge in [0.05, 0.1) is 13.2 Å². The fraction of sp³-hybridized carbons (Fsp3) is 0.167. The third-order valence-corrected chi connectivity index (χ3v) is 2.70. The van der Waals surface area contributed by atoms with E-state index in [0.717, 1.165) is 5.56 Å². The normalized spacial score (nSPS) is 13.1. The number of aromatic nitrogens is 2. The zero-order valence-electron chi connectivity index (χ0n) is 10.1. The van der Waals surface area contributed by atoms with Crippen molar-refractivity contribution < 1.29 is 0 Å². The number of H-pyrrole nitrogens is 1. The van der Waals surface area contributed by atoms with Gasteiger partial charge in [-0.05, 0) is 5.56 Å². The monoisotopic (exact) mass is 256 g/mol. The zero-order valence-corrected chi connectivity index (χ0v) is 10.1. The third-order valence-electron chi connectivity index (χ3n) is 2.70. The van der Waals surface area contributed by atoms with E-state index in [0.29, 0.717) is 30.5 Å². The van der Waals surface area contributed by atoms with Crippen molar-refractivity contribution in [1.29, 1.82) is 0 Å². The van der Waals surface area contributed by atoms with E-state index in [1.165, 1.54) is 0 Å². The van der Waals surface area contributed by atoms with Gasteiger partial charge in [-0.1, -0.05) is 30.3 Å². The molecule has 0 spiro atoms. The summed E-state index contributed by atoms with van der Waals surface area (Å²) in [4.78, 5) is 17.7. The number of azo groups is 1. The molecule has 1 aliphatic heterocycles. The van der Waals surface area contributed by atoms with Crippen LogP contribution in [-0.2, 0) is 6.54 Å². The first-order chi connectivity index (χ1) is 9.33. The lowest BCUT2D eigenvalue weighted by molar-refractivity contribution is 0.937. The molecule has 0 unspecified atom stereocenters. The van der Waals surface area contributed by atoms with Crippen molar-refractivity contribution in [2.75, 3.05) is 17.3 Å². The Labute approximate surface area is 108 Å². The first-order valence-electron chi connectivity index (χ1n) is 5.86. The summed E-state index contributed by atoms with van der Waals surface area (Å²) in [6.45, 7) is 0.994. The molecule has 3 N–H and O–H groups in total. The minimum absolute atomic E-state index is 0.399. The van der Waals surface area contributed by atoms with Gasteiger partial charge in [0.15, 0.2) is 11.6 Å². The van der Waals surface area contributed by atoms with Crippen LogP contribution in [0, 0.1) is 0 Å². The van der Waals surface area contributed by atoms with Crippen molar-refractivity contribution in [3.05, 3.63) is 46.4 Å². The summed E-state index contributed by atoms with van der Waals surface area (Å²) in [5, 5.41) is 14.1. The molecule has 0 amide bonds. The number of nitrogens with one attached hydrogen (secondary N) is 3. The van der Waals surface area contributed by atoms with Crippen LogP contribution < -0.4 is 16.3 Å². The maximum Gasteiger partial charge on any atom is 0.348 e. The van der Waals surface area contributed by atoms with Crippen molar-refractivity contribution >= 4 is 17.3 Å². The molecule has 0 radical (unpaired) electrons. The Balaban J connectivity index is 1.82. The Morgan fingerprint density at radius 3 is 2.89 bits per heavy atom. The average molecular weight is 256 g/mol. The third kappa shape index (κ3) is 2.44. The summed E-state index contributed by atoms with van der Waals surface area (Å²) in [6.07, 6.45) is 0. The van der Waals surface area contributed by atoms with Crippen molar-refractivity contribution in [3.8, 4) is 0 Å². The minimum Gasteiger partial charge on any atom is -0.362 e. The molecule has 96 valence electrons. The van der Waals surface area contributed by atoms with E-state index in [1.54, 1.807) is 0 Å². The number of hydrogen-bond donors (Lipinski definition) is 3. The van der Waals surface area contributed by atoms with E-state index in [1.807, 2.05) is 30.3 Å². The minimum atomic E-state index is -0.441. The summed E-state index contributed by atoms with van der Waals surface area (Å²) >= 11 is 0. The van der Waals surface area contributed by atoms with Gasteiger partial charge in [0.2, 0.25) is 0 Å². The Hall–Kier alpha value is -2.70. The fourth-order valence-electron chi connectivity index (χ4n) is 1.82.